The van der Waals surface area contributed by atoms with Gasteiger partial charge in [0.2, 0.25) is 5.91 Å². The van der Waals surface area contributed by atoms with Gasteiger partial charge in [0.1, 0.15) is 0 Å². The van der Waals surface area contributed by atoms with Crippen LogP contribution in [0.25, 0.3) is 0 Å². The minimum atomic E-state index is 0.0110. The number of amides is 1. The van der Waals surface area contributed by atoms with Crippen LogP contribution in [-0.2, 0) is 11.2 Å². The second-order valence-corrected chi connectivity index (χ2v) is 6.90. The number of hydrogen-bond donors (Lipinski definition) is 1. The molecule has 1 aromatic heterocycles. The van der Waals surface area contributed by atoms with Crippen molar-refractivity contribution in [1.29, 1.82) is 0 Å². The van der Waals surface area contributed by atoms with Crippen molar-refractivity contribution < 1.29 is 4.79 Å². The van der Waals surface area contributed by atoms with Crippen LogP contribution < -0.4 is 5.32 Å². The number of halogens is 1. The topological polar surface area (TPSA) is 42.0 Å². The van der Waals surface area contributed by atoms with Gasteiger partial charge in [-0.05, 0) is 52.5 Å². The molecule has 22 heavy (non-hydrogen) atoms. The van der Waals surface area contributed by atoms with Crippen LogP contribution >= 0.6 is 27.7 Å². The highest BCUT2D eigenvalue weighted by molar-refractivity contribution is 9.10. The lowest BCUT2D eigenvalue weighted by molar-refractivity contribution is -0.119. The lowest BCUT2D eigenvalue weighted by Crippen LogP contribution is -2.28. The summed E-state index contributed by atoms with van der Waals surface area (Å²) in [5.41, 5.74) is 2.43. The quantitative estimate of drug-likeness (QED) is 0.758. The van der Waals surface area contributed by atoms with Crippen LogP contribution in [-0.4, -0.2) is 16.6 Å². The first-order chi connectivity index (χ1) is 10.6. The fourth-order valence-electron chi connectivity index (χ4n) is 2.00. The first-order valence-electron chi connectivity index (χ1n) is 7.21. The molecule has 1 amide bonds. The Kier molecular flexibility index (Phi) is 6.46. The lowest BCUT2D eigenvalue weighted by Gasteiger charge is -2.14. The van der Waals surface area contributed by atoms with Crippen LogP contribution in [0.4, 0.5) is 0 Å². The lowest BCUT2D eigenvalue weighted by atomic mass is 10.1. The van der Waals surface area contributed by atoms with E-state index in [9.17, 15) is 4.79 Å². The first kappa shape index (κ1) is 17.0. The second-order valence-electron chi connectivity index (χ2n) is 4.99. The molecule has 3 nitrogen and oxygen atoms in total. The summed E-state index contributed by atoms with van der Waals surface area (Å²) in [5.74, 6) is 0.383. The molecule has 0 radical (unpaired) electrons. The average Bonchev–Trinajstić information content (AvgIpc) is 2.54. The molecule has 1 aromatic carbocycles. The fraction of sp³-hybridized carbons (Fsp3) is 0.294. The summed E-state index contributed by atoms with van der Waals surface area (Å²) in [4.78, 5) is 16.3. The molecule has 2 aromatic rings. The molecule has 0 aliphatic carbocycles. The largest absolute Gasteiger partial charge is 0.349 e. The fourth-order valence-corrected chi connectivity index (χ4v) is 2.88. The number of carbonyl (C=O) groups excluding carboxylic acids is 1. The van der Waals surface area contributed by atoms with Crippen molar-refractivity contribution in [3.63, 3.8) is 0 Å². The van der Waals surface area contributed by atoms with Crippen LogP contribution in [0.2, 0.25) is 0 Å². The van der Waals surface area contributed by atoms with Gasteiger partial charge in [0.25, 0.3) is 0 Å². The SMILES string of the molecule is CCc1ccc([C@@H](C)NC(=O)CSc2ccc(Br)cn2)cc1. The maximum Gasteiger partial charge on any atom is 0.230 e. The molecule has 0 unspecified atom stereocenters. The Morgan fingerprint density at radius 1 is 1.27 bits per heavy atom. The van der Waals surface area contributed by atoms with Crippen molar-refractivity contribution in [3.05, 3.63) is 58.2 Å². The number of aromatic nitrogens is 1. The maximum atomic E-state index is 12.0. The molecule has 2 rings (SSSR count). The zero-order chi connectivity index (χ0) is 15.9. The molecule has 0 fully saturated rings. The zero-order valence-electron chi connectivity index (χ0n) is 12.7. The summed E-state index contributed by atoms with van der Waals surface area (Å²) in [6.07, 6.45) is 2.76. The average molecular weight is 379 g/mol. The van der Waals surface area contributed by atoms with Gasteiger partial charge in [-0.15, -0.1) is 0 Å². The number of carbonyl (C=O) groups is 1. The highest BCUT2D eigenvalue weighted by Crippen LogP contribution is 2.18. The molecule has 0 bridgehead atoms. The van der Waals surface area contributed by atoms with Crippen molar-refractivity contribution in [2.75, 3.05) is 5.75 Å². The van der Waals surface area contributed by atoms with E-state index in [2.05, 4.69) is 57.4 Å². The van der Waals surface area contributed by atoms with Crippen LogP contribution in [0.1, 0.15) is 31.0 Å². The van der Waals surface area contributed by atoms with Gasteiger partial charge in [-0.2, -0.15) is 0 Å². The number of hydrogen-bond acceptors (Lipinski definition) is 3. The van der Waals surface area contributed by atoms with E-state index in [0.29, 0.717) is 5.75 Å². The summed E-state index contributed by atoms with van der Waals surface area (Å²) in [5, 5.41) is 3.86. The molecule has 0 saturated heterocycles. The minimum absolute atomic E-state index is 0.0110. The second kappa shape index (κ2) is 8.34. The Morgan fingerprint density at radius 2 is 2.00 bits per heavy atom. The smallest absolute Gasteiger partial charge is 0.230 e. The van der Waals surface area contributed by atoms with Crippen molar-refractivity contribution in [3.8, 4) is 0 Å². The van der Waals surface area contributed by atoms with E-state index < -0.39 is 0 Å². The molecule has 116 valence electrons. The number of rotatable bonds is 6. The van der Waals surface area contributed by atoms with Gasteiger partial charge >= 0.3 is 0 Å². The monoisotopic (exact) mass is 378 g/mol. The molecule has 1 heterocycles. The number of pyridine rings is 1. The highest BCUT2D eigenvalue weighted by atomic mass is 79.9. The van der Waals surface area contributed by atoms with Crippen molar-refractivity contribution >= 4 is 33.6 Å². The van der Waals surface area contributed by atoms with E-state index in [1.807, 2.05) is 19.1 Å². The molecule has 1 atom stereocenters. The maximum absolute atomic E-state index is 12.0. The van der Waals surface area contributed by atoms with E-state index in [1.54, 1.807) is 6.20 Å². The van der Waals surface area contributed by atoms with Crippen molar-refractivity contribution in [1.82, 2.24) is 10.3 Å². The van der Waals surface area contributed by atoms with Crippen LogP contribution in [0.3, 0.4) is 0 Å². The predicted octanol–water partition coefficient (Wildman–Crippen LogP) is 4.38. The third-order valence-corrected chi connectivity index (χ3v) is 4.73. The summed E-state index contributed by atoms with van der Waals surface area (Å²) in [6.45, 7) is 4.13. The Labute approximate surface area is 144 Å². The molecule has 1 N–H and O–H groups in total. The molecule has 0 aliphatic heterocycles. The van der Waals surface area contributed by atoms with Gasteiger partial charge in [0.05, 0.1) is 16.8 Å². The van der Waals surface area contributed by atoms with Crippen molar-refractivity contribution in [2.45, 2.75) is 31.3 Å². The molecule has 0 aliphatic rings. The zero-order valence-corrected chi connectivity index (χ0v) is 15.1. The Balaban J connectivity index is 1.83. The number of nitrogens with one attached hydrogen (secondary N) is 1. The molecule has 5 heteroatoms. The van der Waals surface area contributed by atoms with Crippen LogP contribution in [0.5, 0.6) is 0 Å². The Morgan fingerprint density at radius 3 is 2.59 bits per heavy atom. The molecular weight excluding hydrogens is 360 g/mol. The van der Waals surface area contributed by atoms with E-state index in [4.69, 9.17) is 0 Å². The van der Waals surface area contributed by atoms with E-state index in [0.717, 1.165) is 21.5 Å². The van der Waals surface area contributed by atoms with Gasteiger partial charge in [0.15, 0.2) is 0 Å². The Hall–Kier alpha value is -1.33. The van der Waals surface area contributed by atoms with Crippen LogP contribution in [0, 0.1) is 0 Å². The first-order valence-corrected chi connectivity index (χ1v) is 8.99. The number of thioether (sulfide) groups is 1. The third kappa shape index (κ3) is 5.14. The minimum Gasteiger partial charge on any atom is -0.349 e. The number of benzene rings is 1. The third-order valence-electron chi connectivity index (χ3n) is 3.32. The van der Waals surface area contributed by atoms with Gasteiger partial charge in [-0.1, -0.05) is 43.0 Å². The standard InChI is InChI=1S/C17H19BrN2OS/c1-3-13-4-6-14(7-5-13)12(2)20-16(21)11-22-17-9-8-15(18)10-19-17/h4-10,12H,3,11H2,1-2H3,(H,20,21)/t12-/m1/s1. The van der Waals surface area contributed by atoms with E-state index in [-0.39, 0.29) is 11.9 Å². The Bertz CT molecular complexity index is 614. The summed E-state index contributed by atoms with van der Waals surface area (Å²) >= 11 is 4.78. The van der Waals surface area contributed by atoms with Gasteiger partial charge in [-0.25, -0.2) is 4.98 Å². The number of nitrogens with zero attached hydrogens (tertiary/aromatic N) is 1. The summed E-state index contributed by atoms with van der Waals surface area (Å²) in [7, 11) is 0. The predicted molar refractivity (Wildman–Crippen MR) is 95.0 cm³/mol. The highest BCUT2D eigenvalue weighted by Gasteiger charge is 2.10. The van der Waals surface area contributed by atoms with Gasteiger partial charge < -0.3 is 5.32 Å². The van der Waals surface area contributed by atoms with Crippen LogP contribution in [0.15, 0.2) is 52.1 Å². The normalized spacial score (nSPS) is 12.0. The number of aryl methyl sites for hydroxylation is 1. The van der Waals surface area contributed by atoms with E-state index >= 15 is 0 Å². The summed E-state index contributed by atoms with van der Waals surface area (Å²) < 4.78 is 0.936. The summed E-state index contributed by atoms with van der Waals surface area (Å²) in [6, 6.07) is 12.2. The molecular formula is C17H19BrN2OS. The van der Waals surface area contributed by atoms with E-state index in [1.165, 1.54) is 17.3 Å². The van der Waals surface area contributed by atoms with Gasteiger partial charge in [0, 0.05) is 10.7 Å². The molecule has 0 spiro atoms. The van der Waals surface area contributed by atoms with Crippen molar-refractivity contribution in [2.24, 2.45) is 0 Å². The van der Waals surface area contributed by atoms with Gasteiger partial charge in [-0.3, -0.25) is 4.79 Å². The molecule has 0 saturated carbocycles.